The van der Waals surface area contributed by atoms with Crippen molar-refractivity contribution < 1.29 is 4.74 Å². The van der Waals surface area contributed by atoms with Crippen LogP contribution < -0.4 is 14.7 Å². The van der Waals surface area contributed by atoms with Crippen LogP contribution in [-0.4, -0.2) is 67.7 Å². The zero-order valence-corrected chi connectivity index (χ0v) is 15.7. The van der Waals surface area contributed by atoms with E-state index in [0.29, 0.717) is 0 Å². The van der Waals surface area contributed by atoms with E-state index >= 15 is 0 Å². The molecule has 2 fully saturated rings. The fourth-order valence-corrected chi connectivity index (χ4v) is 5.09. The van der Waals surface area contributed by atoms with Crippen LogP contribution in [0.2, 0.25) is 0 Å². The van der Waals surface area contributed by atoms with Crippen molar-refractivity contribution in [3.05, 3.63) is 22.7 Å². The lowest BCUT2D eigenvalue weighted by Gasteiger charge is -2.35. The lowest BCUT2D eigenvalue weighted by atomic mass is 10.3. The Morgan fingerprint density at radius 2 is 1.46 bits per heavy atom. The zero-order chi connectivity index (χ0) is 17.3. The summed E-state index contributed by atoms with van der Waals surface area (Å²) in [6.45, 7) is 7.26. The highest BCUT2D eigenvalue weighted by molar-refractivity contribution is 7.15. The molecule has 8 heteroatoms. The van der Waals surface area contributed by atoms with Crippen molar-refractivity contribution in [2.45, 2.75) is 19.3 Å². The van der Waals surface area contributed by atoms with Crippen molar-refractivity contribution in [1.29, 1.82) is 0 Å². The Kier molecular flexibility index (Phi) is 4.38. The molecule has 0 unspecified atom stereocenters. The standard InChI is InChI=1S/C18H24N6OS/c1-2-14-15(3-1)26-18(19-14)24-8-6-22(7-9-24)16-4-5-17(21-20-16)23-10-12-25-13-11-23/h4-5H,1-3,6-13H2. The van der Waals surface area contributed by atoms with Gasteiger partial charge in [0.25, 0.3) is 0 Å². The van der Waals surface area contributed by atoms with Gasteiger partial charge >= 0.3 is 0 Å². The van der Waals surface area contributed by atoms with E-state index in [0.717, 1.165) is 70.5 Å². The van der Waals surface area contributed by atoms with Gasteiger partial charge in [0.2, 0.25) is 0 Å². The molecule has 26 heavy (non-hydrogen) atoms. The van der Waals surface area contributed by atoms with Gasteiger partial charge in [0.15, 0.2) is 16.8 Å². The van der Waals surface area contributed by atoms with E-state index in [1.165, 1.54) is 28.5 Å². The van der Waals surface area contributed by atoms with Gasteiger partial charge in [-0.25, -0.2) is 4.98 Å². The van der Waals surface area contributed by atoms with Crippen LogP contribution in [0.25, 0.3) is 0 Å². The zero-order valence-electron chi connectivity index (χ0n) is 14.9. The average molecular weight is 372 g/mol. The molecule has 1 aliphatic carbocycles. The molecule has 0 bridgehead atoms. The number of anilines is 3. The Hall–Kier alpha value is -1.93. The van der Waals surface area contributed by atoms with Crippen LogP contribution in [0.15, 0.2) is 12.1 Å². The van der Waals surface area contributed by atoms with E-state index in [2.05, 4.69) is 37.0 Å². The lowest BCUT2D eigenvalue weighted by molar-refractivity contribution is 0.122. The fourth-order valence-electron chi connectivity index (χ4n) is 3.89. The van der Waals surface area contributed by atoms with Crippen molar-refractivity contribution in [3.8, 4) is 0 Å². The summed E-state index contributed by atoms with van der Waals surface area (Å²) in [6.07, 6.45) is 3.66. The molecule has 0 N–H and O–H groups in total. The van der Waals surface area contributed by atoms with E-state index < -0.39 is 0 Å². The SMILES string of the molecule is c1cc(N2CCN(c3nc4c(s3)CCC4)CC2)nnc1N1CCOCC1. The highest BCUT2D eigenvalue weighted by Gasteiger charge is 2.24. The van der Waals surface area contributed by atoms with Crippen LogP contribution in [-0.2, 0) is 17.6 Å². The Morgan fingerprint density at radius 1 is 0.808 bits per heavy atom. The third-order valence-electron chi connectivity index (χ3n) is 5.43. The molecule has 7 nitrogen and oxygen atoms in total. The highest BCUT2D eigenvalue weighted by atomic mass is 32.1. The maximum atomic E-state index is 5.40. The molecule has 5 rings (SSSR count). The molecule has 4 heterocycles. The first-order valence-corrected chi connectivity index (χ1v) is 10.3. The predicted octanol–water partition coefficient (Wildman–Crippen LogP) is 1.58. The van der Waals surface area contributed by atoms with Gasteiger partial charge in [-0.2, -0.15) is 0 Å². The molecule has 138 valence electrons. The molecule has 0 amide bonds. The van der Waals surface area contributed by atoms with Gasteiger partial charge < -0.3 is 19.4 Å². The second kappa shape index (κ2) is 7.00. The molecule has 2 aliphatic heterocycles. The smallest absolute Gasteiger partial charge is 0.185 e. The molecule has 0 radical (unpaired) electrons. The van der Waals surface area contributed by atoms with Gasteiger partial charge in [-0.3, -0.25) is 0 Å². The summed E-state index contributed by atoms with van der Waals surface area (Å²) in [6, 6.07) is 4.19. The Balaban J connectivity index is 1.21. The number of nitrogens with zero attached hydrogens (tertiary/aromatic N) is 6. The van der Waals surface area contributed by atoms with Crippen LogP contribution >= 0.6 is 11.3 Å². The number of hydrogen-bond acceptors (Lipinski definition) is 8. The summed E-state index contributed by atoms with van der Waals surface area (Å²) in [5, 5.41) is 10.1. The second-order valence-corrected chi connectivity index (χ2v) is 8.11. The molecule has 0 atom stereocenters. The van der Waals surface area contributed by atoms with E-state index in [1.54, 1.807) is 0 Å². The highest BCUT2D eigenvalue weighted by Crippen LogP contribution is 2.33. The van der Waals surface area contributed by atoms with Crippen molar-refractivity contribution in [1.82, 2.24) is 15.2 Å². The number of aromatic nitrogens is 3. The average Bonchev–Trinajstić information content (AvgIpc) is 3.31. The first-order chi connectivity index (χ1) is 12.9. The van der Waals surface area contributed by atoms with Crippen LogP contribution in [0, 0.1) is 0 Å². The molecular weight excluding hydrogens is 348 g/mol. The minimum Gasteiger partial charge on any atom is -0.378 e. The topological polar surface area (TPSA) is 57.6 Å². The predicted molar refractivity (Wildman–Crippen MR) is 104 cm³/mol. The van der Waals surface area contributed by atoms with Crippen molar-refractivity contribution in [2.24, 2.45) is 0 Å². The molecule has 2 aromatic rings. The van der Waals surface area contributed by atoms with Gasteiger partial charge in [-0.15, -0.1) is 21.5 Å². The Labute approximate surface area is 157 Å². The van der Waals surface area contributed by atoms with Gasteiger partial charge in [0.05, 0.1) is 18.9 Å². The number of morpholine rings is 1. The van der Waals surface area contributed by atoms with Gasteiger partial charge in [-0.05, 0) is 31.4 Å². The molecule has 3 aliphatic rings. The largest absolute Gasteiger partial charge is 0.378 e. The van der Waals surface area contributed by atoms with Crippen molar-refractivity contribution in [3.63, 3.8) is 0 Å². The molecular formula is C18H24N6OS. The molecule has 0 spiro atoms. The first-order valence-electron chi connectivity index (χ1n) is 9.52. The van der Waals surface area contributed by atoms with Gasteiger partial charge in [0, 0.05) is 44.1 Å². The molecule has 0 aromatic carbocycles. The number of ether oxygens (including phenoxy) is 1. The van der Waals surface area contributed by atoms with E-state index in [1.807, 2.05) is 11.3 Å². The van der Waals surface area contributed by atoms with E-state index in [-0.39, 0.29) is 0 Å². The van der Waals surface area contributed by atoms with Crippen molar-refractivity contribution >= 4 is 28.1 Å². The molecule has 2 aromatic heterocycles. The number of hydrogen-bond donors (Lipinski definition) is 0. The quantitative estimate of drug-likeness (QED) is 0.811. The van der Waals surface area contributed by atoms with Gasteiger partial charge in [-0.1, -0.05) is 0 Å². The summed E-state index contributed by atoms with van der Waals surface area (Å²) < 4.78 is 5.40. The number of fused-ring (bicyclic) bond motifs is 1. The van der Waals surface area contributed by atoms with Crippen LogP contribution in [0.4, 0.5) is 16.8 Å². The van der Waals surface area contributed by atoms with Crippen LogP contribution in [0.3, 0.4) is 0 Å². The Morgan fingerprint density at radius 3 is 2.12 bits per heavy atom. The normalized spacial score (nSPS) is 20.5. The maximum absolute atomic E-state index is 5.40. The number of piperazine rings is 1. The summed E-state index contributed by atoms with van der Waals surface area (Å²) in [5.41, 5.74) is 1.34. The summed E-state index contributed by atoms with van der Waals surface area (Å²) in [7, 11) is 0. The van der Waals surface area contributed by atoms with E-state index in [4.69, 9.17) is 9.72 Å². The van der Waals surface area contributed by atoms with Crippen molar-refractivity contribution in [2.75, 3.05) is 67.2 Å². The monoisotopic (exact) mass is 372 g/mol. The summed E-state index contributed by atoms with van der Waals surface area (Å²) in [4.78, 5) is 13.4. The first kappa shape index (κ1) is 16.3. The molecule has 0 saturated carbocycles. The minimum atomic E-state index is 0.769. The summed E-state index contributed by atoms with van der Waals surface area (Å²) in [5.74, 6) is 1.93. The van der Waals surface area contributed by atoms with Gasteiger partial charge in [0.1, 0.15) is 0 Å². The van der Waals surface area contributed by atoms with Crippen LogP contribution in [0.1, 0.15) is 17.0 Å². The van der Waals surface area contributed by atoms with Crippen LogP contribution in [0.5, 0.6) is 0 Å². The maximum Gasteiger partial charge on any atom is 0.185 e. The Bertz CT molecular complexity index is 728. The minimum absolute atomic E-state index is 0.769. The third kappa shape index (κ3) is 3.12. The number of rotatable bonds is 3. The lowest BCUT2D eigenvalue weighted by Crippen LogP contribution is -2.47. The second-order valence-electron chi connectivity index (χ2n) is 7.04. The third-order valence-corrected chi connectivity index (χ3v) is 6.65. The number of aryl methyl sites for hydroxylation is 2. The van der Waals surface area contributed by atoms with E-state index in [9.17, 15) is 0 Å². The molecule has 2 saturated heterocycles. The number of thiazole rings is 1. The fraction of sp³-hybridized carbons (Fsp3) is 0.611. The summed E-state index contributed by atoms with van der Waals surface area (Å²) >= 11 is 1.90.